The van der Waals surface area contributed by atoms with Crippen molar-refractivity contribution in [1.82, 2.24) is 19.6 Å². The zero-order valence-corrected chi connectivity index (χ0v) is 41.0. The minimum atomic E-state index is -4.69. The molecule has 2 saturated heterocycles. The molecule has 5 aromatic rings. The van der Waals surface area contributed by atoms with E-state index in [2.05, 4.69) is 68.3 Å². The van der Waals surface area contributed by atoms with Gasteiger partial charge < -0.3 is 35.1 Å². The maximum atomic E-state index is 14.4. The van der Waals surface area contributed by atoms with E-state index in [-0.39, 0.29) is 52.8 Å². The SMILES string of the molecule is CC(C)c1ccccc1[C@H]1CCCN1C1CC2(CCN(c3ccc(C(=O)NS(=O)(=O)c4cc5c(c([N+](=O)[O-])c4)N[C@@H](C4CCC(C)(O)CC4)CO5)c(Oc4cc5cc[nH]c5nc4NC4CC4)c3)CC2)C1. The summed E-state index contributed by atoms with van der Waals surface area (Å²) in [5.74, 6) is 0.665. The average molecular weight is 973 g/mol. The van der Waals surface area contributed by atoms with Crippen LogP contribution in [0.3, 0.4) is 0 Å². The second-order valence-corrected chi connectivity index (χ2v) is 23.3. The highest BCUT2D eigenvalue weighted by Crippen LogP contribution is 2.54. The van der Waals surface area contributed by atoms with Crippen LogP contribution in [0.25, 0.3) is 11.0 Å². The molecule has 3 aliphatic carbocycles. The number of nitro benzene ring substituents is 1. The molecule has 5 heterocycles. The van der Waals surface area contributed by atoms with E-state index >= 15 is 0 Å². The first-order chi connectivity index (χ1) is 33.6. The number of aromatic nitrogens is 2. The number of nitrogens with zero attached hydrogens (tertiary/aromatic N) is 4. The second-order valence-electron chi connectivity index (χ2n) is 21.6. The summed E-state index contributed by atoms with van der Waals surface area (Å²) in [5.41, 5.74) is 3.58. The van der Waals surface area contributed by atoms with E-state index in [1.165, 1.54) is 42.9 Å². The number of fused-ring (bicyclic) bond motifs is 2. The van der Waals surface area contributed by atoms with Crippen molar-refractivity contribution in [3.8, 4) is 17.2 Å². The zero-order chi connectivity index (χ0) is 48.5. The predicted molar refractivity (Wildman–Crippen MR) is 269 cm³/mol. The number of amides is 1. The number of hydrogen-bond acceptors (Lipinski definition) is 13. The summed E-state index contributed by atoms with van der Waals surface area (Å²) in [5, 5.41) is 30.5. The van der Waals surface area contributed by atoms with Gasteiger partial charge >= 0.3 is 0 Å². The van der Waals surface area contributed by atoms with Crippen molar-refractivity contribution < 1.29 is 32.7 Å². The minimum absolute atomic E-state index is 0.00572. The van der Waals surface area contributed by atoms with Gasteiger partial charge in [-0.2, -0.15) is 0 Å². The molecule has 3 saturated carbocycles. The molecule has 2 aromatic heterocycles. The summed E-state index contributed by atoms with van der Waals surface area (Å²) in [6.45, 7) is 9.35. The van der Waals surface area contributed by atoms with Gasteiger partial charge in [-0.15, -0.1) is 0 Å². The Labute approximate surface area is 409 Å². The topological polar surface area (TPSA) is 204 Å². The number of pyridine rings is 1. The number of nitro groups is 1. The fourth-order valence-electron chi connectivity index (χ4n) is 12.1. The largest absolute Gasteiger partial charge is 0.489 e. The quantitative estimate of drug-likeness (QED) is 0.0551. The lowest BCUT2D eigenvalue weighted by atomic mass is 9.59. The van der Waals surface area contributed by atoms with Crippen LogP contribution in [0.2, 0.25) is 0 Å². The van der Waals surface area contributed by atoms with Crippen molar-refractivity contribution in [2.45, 2.75) is 138 Å². The highest BCUT2D eigenvalue weighted by Gasteiger charge is 2.50. The molecular weight excluding hydrogens is 909 g/mol. The number of anilines is 3. The Morgan fingerprint density at radius 2 is 1.74 bits per heavy atom. The summed E-state index contributed by atoms with van der Waals surface area (Å²) in [6, 6.07) is 21.1. The number of piperidine rings is 1. The second kappa shape index (κ2) is 18.0. The molecule has 3 aromatic carbocycles. The number of rotatable bonds is 13. The number of aliphatic hydroxyl groups is 1. The van der Waals surface area contributed by atoms with Gasteiger partial charge in [0.15, 0.2) is 23.0 Å². The van der Waals surface area contributed by atoms with Crippen molar-refractivity contribution in [2.75, 3.05) is 41.8 Å². The van der Waals surface area contributed by atoms with E-state index in [0.29, 0.717) is 60.9 Å². The van der Waals surface area contributed by atoms with Gasteiger partial charge in [0.25, 0.3) is 21.6 Å². The molecule has 3 aliphatic heterocycles. The van der Waals surface area contributed by atoms with E-state index in [9.17, 15) is 28.4 Å². The first-order valence-corrected chi connectivity index (χ1v) is 26.8. The van der Waals surface area contributed by atoms with E-state index in [4.69, 9.17) is 14.5 Å². The number of likely N-dealkylation sites (tertiary alicyclic amines) is 1. The van der Waals surface area contributed by atoms with E-state index < -0.39 is 37.0 Å². The Morgan fingerprint density at radius 1 is 0.971 bits per heavy atom. The van der Waals surface area contributed by atoms with Crippen LogP contribution in [0.4, 0.5) is 22.9 Å². The Balaban J connectivity index is 0.833. The van der Waals surface area contributed by atoms with Gasteiger partial charge in [0.2, 0.25) is 0 Å². The maximum Gasteiger partial charge on any atom is 0.297 e. The van der Waals surface area contributed by atoms with Gasteiger partial charge in [0, 0.05) is 66.7 Å². The van der Waals surface area contributed by atoms with E-state index in [0.717, 1.165) is 62.5 Å². The van der Waals surface area contributed by atoms with Crippen molar-refractivity contribution in [1.29, 1.82) is 0 Å². The third kappa shape index (κ3) is 9.16. The molecule has 1 spiro atoms. The van der Waals surface area contributed by atoms with Crippen molar-refractivity contribution in [2.24, 2.45) is 11.3 Å². The van der Waals surface area contributed by atoms with Gasteiger partial charge in [-0.25, -0.2) is 18.1 Å². The Bertz CT molecular complexity index is 2930. The molecule has 17 heteroatoms. The highest BCUT2D eigenvalue weighted by atomic mass is 32.2. The molecule has 16 nitrogen and oxygen atoms in total. The normalized spacial score (nSPS) is 24.7. The van der Waals surface area contributed by atoms with Gasteiger partial charge in [0.05, 0.1) is 27.0 Å². The van der Waals surface area contributed by atoms with Crippen LogP contribution in [0, 0.1) is 21.4 Å². The van der Waals surface area contributed by atoms with Crippen LogP contribution in [0.1, 0.15) is 131 Å². The van der Waals surface area contributed by atoms with E-state index in [1.807, 2.05) is 25.1 Å². The maximum absolute atomic E-state index is 14.4. The molecule has 1 amide bonds. The summed E-state index contributed by atoms with van der Waals surface area (Å²) in [7, 11) is -4.69. The van der Waals surface area contributed by atoms with Crippen molar-refractivity contribution >= 4 is 49.8 Å². The lowest BCUT2D eigenvalue weighted by Crippen LogP contribution is -2.54. The number of sulfonamides is 1. The number of carbonyl (C=O) groups excluding carboxylic acids is 1. The number of benzene rings is 3. The smallest absolute Gasteiger partial charge is 0.297 e. The van der Waals surface area contributed by atoms with Crippen LogP contribution in [-0.4, -0.2) is 89.2 Å². The fourth-order valence-corrected chi connectivity index (χ4v) is 13.1. The number of nitrogens with one attached hydrogen (secondary N) is 4. The predicted octanol–water partition coefficient (Wildman–Crippen LogP) is 9.78. The molecule has 0 radical (unpaired) electrons. The van der Waals surface area contributed by atoms with Crippen molar-refractivity contribution in [3.63, 3.8) is 0 Å². The van der Waals surface area contributed by atoms with Crippen LogP contribution < -0.4 is 29.7 Å². The summed E-state index contributed by atoms with van der Waals surface area (Å²) >= 11 is 0. The molecule has 370 valence electrons. The van der Waals surface area contributed by atoms with E-state index in [1.54, 1.807) is 18.3 Å². The lowest BCUT2D eigenvalue weighted by Gasteiger charge is -2.56. The molecule has 0 unspecified atom stereocenters. The number of ether oxygens (including phenoxy) is 2. The molecule has 0 bridgehead atoms. The minimum Gasteiger partial charge on any atom is -0.489 e. The number of carbonyl (C=O) groups is 1. The Morgan fingerprint density at radius 3 is 2.49 bits per heavy atom. The fraction of sp³-hybridized carbons (Fsp3) is 0.509. The van der Waals surface area contributed by atoms with Crippen molar-refractivity contribution in [3.05, 3.63) is 99.7 Å². The van der Waals surface area contributed by atoms with Crippen LogP contribution >= 0.6 is 0 Å². The van der Waals surface area contributed by atoms with Crippen LogP contribution in [0.15, 0.2) is 77.8 Å². The Kier molecular flexibility index (Phi) is 12.0. The summed E-state index contributed by atoms with van der Waals surface area (Å²) in [4.78, 5) is 38.8. The van der Waals surface area contributed by atoms with Crippen LogP contribution in [0.5, 0.6) is 17.2 Å². The average Bonchev–Trinajstić information content (AvgIpc) is 3.81. The highest BCUT2D eigenvalue weighted by molar-refractivity contribution is 7.90. The number of H-pyrrole nitrogens is 1. The first kappa shape index (κ1) is 46.5. The molecule has 5 N–H and O–H groups in total. The molecule has 6 aliphatic rings. The molecule has 2 atom stereocenters. The third-order valence-corrected chi connectivity index (χ3v) is 17.6. The zero-order valence-electron chi connectivity index (χ0n) is 40.2. The standard InChI is InChI=1S/C53H64N8O8S/c1-32(2)39-7-4-5-8-40(39)43-9-6-22-60(43)37-29-53(30-37)19-23-59(24-20-53)36-12-13-41(45(26-36)69-47-25-34-16-21-54-49(34)57-50(47)55-35-10-11-35)51(62)58-70(66,67)38-27-44(61(64)65)48-46(28-38)68-31-42(56-48)33-14-17-52(3,63)18-15-33/h4-5,7-8,12-13,16,21,25-28,32-33,35,37,42-43,56,63H,6,9-11,14-15,17-20,22-24,29-31H2,1-3H3,(H,58,62)(H2,54,55,57)/t33?,42-,43-,52?/m1/s1. The number of hydrogen-bond donors (Lipinski definition) is 5. The monoisotopic (exact) mass is 972 g/mol. The van der Waals surface area contributed by atoms with Crippen LogP contribution in [-0.2, 0) is 10.0 Å². The third-order valence-electron chi connectivity index (χ3n) is 16.3. The van der Waals surface area contributed by atoms with Gasteiger partial charge in [-0.1, -0.05) is 38.1 Å². The van der Waals surface area contributed by atoms with Gasteiger partial charge in [-0.3, -0.25) is 19.8 Å². The number of aromatic amines is 1. The Hall–Kier alpha value is -5.91. The molecule has 5 fully saturated rings. The molecule has 11 rings (SSSR count). The first-order valence-electron chi connectivity index (χ1n) is 25.3. The molecular formula is C53H64N8O8S. The summed E-state index contributed by atoms with van der Waals surface area (Å²) in [6.07, 6.45) is 13.3. The lowest BCUT2D eigenvalue weighted by molar-refractivity contribution is -0.384. The molecule has 70 heavy (non-hydrogen) atoms. The summed E-state index contributed by atoms with van der Waals surface area (Å²) < 4.78 is 43.2. The van der Waals surface area contributed by atoms with Gasteiger partial charge in [-0.05, 0) is 143 Å². The van der Waals surface area contributed by atoms with Gasteiger partial charge in [0.1, 0.15) is 18.0 Å².